The van der Waals surface area contributed by atoms with Crippen LogP contribution in [0.4, 0.5) is 4.39 Å². The normalized spacial score (nSPS) is 11.6. The number of hydrogen-bond donors (Lipinski definition) is 0. The second kappa shape index (κ2) is 5.83. The minimum absolute atomic E-state index is 0.0957. The second-order valence-corrected chi connectivity index (χ2v) is 7.55. The zero-order valence-corrected chi connectivity index (χ0v) is 13.8. The van der Waals surface area contributed by atoms with Gasteiger partial charge >= 0.3 is 0 Å². The van der Waals surface area contributed by atoms with E-state index in [-0.39, 0.29) is 15.7 Å². The molecule has 118 valence electrons. The van der Waals surface area contributed by atoms with Gasteiger partial charge in [-0.2, -0.15) is 0 Å². The van der Waals surface area contributed by atoms with E-state index in [0.29, 0.717) is 0 Å². The van der Waals surface area contributed by atoms with Gasteiger partial charge in [0.25, 0.3) is 0 Å². The monoisotopic (exact) mass is 349 g/mol. The van der Waals surface area contributed by atoms with Gasteiger partial charge in [0, 0.05) is 18.1 Å². The first-order valence-corrected chi connectivity index (χ1v) is 9.06. The second-order valence-electron chi connectivity index (χ2n) is 5.16. The van der Waals surface area contributed by atoms with Crippen molar-refractivity contribution in [2.75, 3.05) is 6.26 Å². The molecule has 0 aliphatic rings. The molecule has 0 fully saturated rings. The molecule has 0 N–H and O–H groups in total. The molecule has 0 aliphatic carbocycles. The van der Waals surface area contributed by atoms with Crippen molar-refractivity contribution in [3.63, 3.8) is 0 Å². The zero-order valence-electron chi connectivity index (χ0n) is 12.2. The number of halogens is 2. The van der Waals surface area contributed by atoms with Gasteiger partial charge in [-0.1, -0.05) is 11.6 Å². The highest BCUT2D eigenvalue weighted by atomic mass is 35.5. The fraction of sp³-hybridized carbons (Fsp3) is 0.0588. The van der Waals surface area contributed by atoms with Crippen molar-refractivity contribution >= 4 is 21.4 Å². The minimum Gasteiger partial charge on any atom is -0.317 e. The summed E-state index contributed by atoms with van der Waals surface area (Å²) in [6.45, 7) is 0. The van der Waals surface area contributed by atoms with Gasteiger partial charge in [-0.05, 0) is 60.2 Å². The molecule has 0 bridgehead atoms. The Morgan fingerprint density at radius 3 is 2.35 bits per heavy atom. The van der Waals surface area contributed by atoms with Gasteiger partial charge in [-0.25, -0.2) is 12.8 Å². The summed E-state index contributed by atoms with van der Waals surface area (Å²) in [6, 6.07) is 14.7. The Morgan fingerprint density at radius 1 is 1.04 bits per heavy atom. The third kappa shape index (κ3) is 3.16. The molecule has 1 aromatic heterocycles. The lowest BCUT2D eigenvalue weighted by atomic mass is 10.1. The maximum absolute atomic E-state index is 13.1. The van der Waals surface area contributed by atoms with Crippen molar-refractivity contribution in [2.24, 2.45) is 0 Å². The predicted molar refractivity (Wildman–Crippen MR) is 89.3 cm³/mol. The van der Waals surface area contributed by atoms with Crippen molar-refractivity contribution < 1.29 is 12.8 Å². The fourth-order valence-corrected chi connectivity index (χ4v) is 3.73. The van der Waals surface area contributed by atoms with Crippen LogP contribution in [0.5, 0.6) is 0 Å². The van der Waals surface area contributed by atoms with Crippen molar-refractivity contribution in [1.29, 1.82) is 0 Å². The Hall–Kier alpha value is -2.11. The summed E-state index contributed by atoms with van der Waals surface area (Å²) >= 11 is 6.11. The first-order chi connectivity index (χ1) is 10.9. The van der Waals surface area contributed by atoms with Crippen LogP contribution >= 0.6 is 11.6 Å². The highest BCUT2D eigenvalue weighted by Crippen LogP contribution is 2.28. The van der Waals surface area contributed by atoms with E-state index in [1.807, 2.05) is 22.9 Å². The minimum atomic E-state index is -3.37. The third-order valence-corrected chi connectivity index (χ3v) is 5.06. The molecule has 0 radical (unpaired) electrons. The van der Waals surface area contributed by atoms with Crippen molar-refractivity contribution in [2.45, 2.75) is 4.90 Å². The average Bonchev–Trinajstić information content (AvgIpc) is 2.96. The van der Waals surface area contributed by atoms with Gasteiger partial charge < -0.3 is 4.57 Å². The molecule has 0 aliphatic heterocycles. The lowest BCUT2D eigenvalue weighted by Crippen LogP contribution is -2.00. The standard InChI is InChI=1S/C17H13ClFNO2S/c1-23(21,22)17-9-8-14(11-15(17)18)20-10-2-3-16(20)12-4-6-13(19)7-5-12/h2-11H,1H3. The first kappa shape index (κ1) is 15.8. The van der Waals surface area contributed by atoms with Crippen LogP contribution in [-0.4, -0.2) is 19.2 Å². The molecule has 0 atom stereocenters. The number of aromatic nitrogens is 1. The Bertz CT molecular complexity index is 963. The van der Waals surface area contributed by atoms with Gasteiger partial charge in [0.1, 0.15) is 5.82 Å². The number of nitrogens with zero attached hydrogens (tertiary/aromatic N) is 1. The molecule has 0 amide bonds. The number of benzene rings is 2. The quantitative estimate of drug-likeness (QED) is 0.705. The zero-order chi connectivity index (χ0) is 16.6. The number of sulfone groups is 1. The molecule has 3 nitrogen and oxygen atoms in total. The van der Waals surface area contributed by atoms with Gasteiger partial charge in [-0.15, -0.1) is 0 Å². The van der Waals surface area contributed by atoms with E-state index in [0.717, 1.165) is 23.2 Å². The summed E-state index contributed by atoms with van der Waals surface area (Å²) in [4.78, 5) is 0.0957. The Labute approximate surface area is 138 Å². The predicted octanol–water partition coefficient (Wildman–Crippen LogP) is 4.34. The van der Waals surface area contributed by atoms with Crippen LogP contribution in [-0.2, 0) is 9.84 Å². The SMILES string of the molecule is CS(=O)(=O)c1ccc(-n2cccc2-c2ccc(F)cc2)cc1Cl. The van der Waals surface area contributed by atoms with Gasteiger partial charge in [0.15, 0.2) is 9.84 Å². The fourth-order valence-electron chi connectivity index (χ4n) is 2.40. The molecule has 0 unspecified atom stereocenters. The summed E-state index contributed by atoms with van der Waals surface area (Å²) in [6.07, 6.45) is 2.96. The molecular weight excluding hydrogens is 337 g/mol. The molecule has 3 rings (SSSR count). The van der Waals surface area contributed by atoms with Crippen molar-refractivity contribution in [3.8, 4) is 16.9 Å². The molecule has 1 heterocycles. The first-order valence-electron chi connectivity index (χ1n) is 6.79. The topological polar surface area (TPSA) is 39.1 Å². The average molecular weight is 350 g/mol. The Morgan fingerprint density at radius 2 is 1.74 bits per heavy atom. The molecule has 23 heavy (non-hydrogen) atoms. The molecule has 6 heteroatoms. The highest BCUT2D eigenvalue weighted by Gasteiger charge is 2.14. The van der Waals surface area contributed by atoms with E-state index in [4.69, 9.17) is 11.6 Å². The largest absolute Gasteiger partial charge is 0.317 e. The molecule has 2 aromatic carbocycles. The Kier molecular flexibility index (Phi) is 4.00. The third-order valence-electron chi connectivity index (χ3n) is 3.48. The van der Waals surface area contributed by atoms with Crippen LogP contribution in [0, 0.1) is 5.82 Å². The smallest absolute Gasteiger partial charge is 0.176 e. The number of hydrogen-bond acceptors (Lipinski definition) is 2. The summed E-state index contributed by atoms with van der Waals surface area (Å²) in [7, 11) is -3.37. The molecule has 0 saturated heterocycles. The Balaban J connectivity index is 2.09. The summed E-state index contributed by atoms with van der Waals surface area (Å²) in [5.41, 5.74) is 2.43. The van der Waals surface area contributed by atoms with Crippen LogP contribution in [0.15, 0.2) is 65.7 Å². The summed E-state index contributed by atoms with van der Waals surface area (Å²) in [5, 5.41) is 0.170. The summed E-state index contributed by atoms with van der Waals surface area (Å²) in [5.74, 6) is -0.299. The number of rotatable bonds is 3. The highest BCUT2D eigenvalue weighted by molar-refractivity contribution is 7.90. The molecule has 0 saturated carbocycles. The van der Waals surface area contributed by atoms with Crippen LogP contribution in [0.2, 0.25) is 5.02 Å². The van der Waals surface area contributed by atoms with E-state index < -0.39 is 9.84 Å². The van der Waals surface area contributed by atoms with E-state index in [1.54, 1.807) is 24.3 Å². The molecule has 0 spiro atoms. The van der Waals surface area contributed by atoms with Crippen LogP contribution in [0.25, 0.3) is 16.9 Å². The van der Waals surface area contributed by atoms with E-state index >= 15 is 0 Å². The maximum Gasteiger partial charge on any atom is 0.176 e. The van der Waals surface area contributed by atoms with Gasteiger partial charge in [0.05, 0.1) is 15.6 Å². The van der Waals surface area contributed by atoms with E-state index in [9.17, 15) is 12.8 Å². The molecular formula is C17H13ClFNO2S. The lowest BCUT2D eigenvalue weighted by molar-refractivity contribution is 0.602. The maximum atomic E-state index is 13.1. The van der Waals surface area contributed by atoms with E-state index in [2.05, 4.69) is 0 Å². The van der Waals surface area contributed by atoms with Gasteiger partial charge in [-0.3, -0.25) is 0 Å². The van der Waals surface area contributed by atoms with Crippen molar-refractivity contribution in [3.05, 3.63) is 71.6 Å². The van der Waals surface area contributed by atoms with Gasteiger partial charge in [0.2, 0.25) is 0 Å². The van der Waals surface area contributed by atoms with Crippen molar-refractivity contribution in [1.82, 2.24) is 4.57 Å². The lowest BCUT2D eigenvalue weighted by Gasteiger charge is -2.11. The van der Waals surface area contributed by atoms with Crippen LogP contribution in [0.1, 0.15) is 0 Å². The molecule has 3 aromatic rings. The summed E-state index contributed by atoms with van der Waals surface area (Å²) < 4.78 is 38.2. The van der Waals surface area contributed by atoms with Crippen LogP contribution < -0.4 is 0 Å². The van der Waals surface area contributed by atoms with E-state index in [1.165, 1.54) is 18.2 Å². The van der Waals surface area contributed by atoms with Crippen LogP contribution in [0.3, 0.4) is 0 Å².